The van der Waals surface area contributed by atoms with Gasteiger partial charge in [-0.05, 0) is 12.8 Å². The minimum atomic E-state index is -0.158. The quantitative estimate of drug-likeness (QED) is 0.817. The van der Waals surface area contributed by atoms with Gasteiger partial charge in [-0.25, -0.2) is 4.98 Å². The van der Waals surface area contributed by atoms with E-state index in [4.69, 9.17) is 0 Å². The molecule has 0 spiro atoms. The predicted octanol–water partition coefficient (Wildman–Crippen LogP) is 1.31. The summed E-state index contributed by atoms with van der Waals surface area (Å²) < 4.78 is 0. The van der Waals surface area contributed by atoms with Crippen molar-refractivity contribution >= 4 is 17.2 Å². The third-order valence-corrected chi connectivity index (χ3v) is 3.30. The number of likely N-dealkylation sites (N-methyl/N-ethyl adjacent to an activating group) is 1. The summed E-state index contributed by atoms with van der Waals surface area (Å²) >= 11 is 1.62. The number of amides is 1. The highest BCUT2D eigenvalue weighted by atomic mass is 32.1. The number of nitrogens with zero attached hydrogens (tertiary/aromatic N) is 1. The van der Waals surface area contributed by atoms with Crippen LogP contribution in [0.5, 0.6) is 0 Å². The molecule has 2 N–H and O–H groups in total. The fourth-order valence-corrected chi connectivity index (χ4v) is 2.19. The number of aryl methyl sites for hydroxylation is 1. The molecular formula is C11H19N3OS. The van der Waals surface area contributed by atoms with Gasteiger partial charge in [0.2, 0.25) is 5.91 Å². The van der Waals surface area contributed by atoms with Gasteiger partial charge >= 0.3 is 0 Å². The van der Waals surface area contributed by atoms with E-state index in [0.717, 1.165) is 10.7 Å². The highest BCUT2D eigenvalue weighted by Crippen LogP contribution is 2.09. The lowest BCUT2D eigenvalue weighted by Gasteiger charge is -2.19. The largest absolute Gasteiger partial charge is 0.358 e. The lowest BCUT2D eigenvalue weighted by Crippen LogP contribution is -2.45. The molecule has 1 atom stereocenters. The first-order chi connectivity index (χ1) is 7.54. The predicted molar refractivity (Wildman–Crippen MR) is 66.4 cm³/mol. The van der Waals surface area contributed by atoms with Crippen LogP contribution in [-0.2, 0) is 11.3 Å². The molecule has 0 aliphatic heterocycles. The van der Waals surface area contributed by atoms with Crippen molar-refractivity contribution in [1.29, 1.82) is 0 Å². The van der Waals surface area contributed by atoms with Crippen molar-refractivity contribution in [2.45, 2.75) is 33.4 Å². The Bertz CT molecular complexity index is 349. The summed E-state index contributed by atoms with van der Waals surface area (Å²) in [4.78, 5) is 15.9. The second-order valence-electron chi connectivity index (χ2n) is 4.10. The number of thiazole rings is 1. The Morgan fingerprint density at radius 1 is 1.56 bits per heavy atom. The minimum absolute atomic E-state index is 0.0308. The third-order valence-electron chi connectivity index (χ3n) is 2.34. The average molecular weight is 241 g/mol. The molecule has 1 rings (SSSR count). The summed E-state index contributed by atoms with van der Waals surface area (Å²) in [6.45, 7) is 6.67. The Hall–Kier alpha value is -0.940. The number of aromatic nitrogens is 1. The number of rotatable bonds is 5. The highest BCUT2D eigenvalue weighted by Gasteiger charge is 2.20. The van der Waals surface area contributed by atoms with E-state index in [2.05, 4.69) is 15.6 Å². The van der Waals surface area contributed by atoms with Crippen molar-refractivity contribution in [2.24, 2.45) is 5.92 Å². The van der Waals surface area contributed by atoms with Crippen molar-refractivity contribution in [3.05, 3.63) is 16.1 Å². The van der Waals surface area contributed by atoms with E-state index in [1.54, 1.807) is 18.4 Å². The lowest BCUT2D eigenvalue weighted by atomic mass is 10.0. The molecule has 0 bridgehead atoms. The van der Waals surface area contributed by atoms with Crippen molar-refractivity contribution in [2.75, 3.05) is 7.05 Å². The Morgan fingerprint density at radius 3 is 2.69 bits per heavy atom. The van der Waals surface area contributed by atoms with Crippen LogP contribution >= 0.6 is 11.3 Å². The maximum absolute atomic E-state index is 11.6. The number of hydrogen-bond donors (Lipinski definition) is 2. The number of carbonyl (C=O) groups excluding carboxylic acids is 1. The van der Waals surface area contributed by atoms with E-state index < -0.39 is 0 Å². The Labute approximate surface area is 100 Å². The standard InChI is InChI=1S/C11H19N3OS/c1-7(2)10(11(15)12-4)13-5-9-14-8(3)6-16-9/h6-7,10,13H,5H2,1-4H3,(H,12,15). The molecule has 0 radical (unpaired) electrons. The van der Waals surface area contributed by atoms with E-state index in [0.29, 0.717) is 6.54 Å². The highest BCUT2D eigenvalue weighted by molar-refractivity contribution is 7.09. The van der Waals surface area contributed by atoms with E-state index in [9.17, 15) is 4.79 Å². The number of hydrogen-bond acceptors (Lipinski definition) is 4. The molecule has 5 heteroatoms. The second-order valence-corrected chi connectivity index (χ2v) is 5.04. The molecular weight excluding hydrogens is 222 g/mol. The van der Waals surface area contributed by atoms with E-state index in [1.807, 2.05) is 26.2 Å². The fourth-order valence-electron chi connectivity index (χ4n) is 1.47. The molecule has 0 aliphatic rings. The van der Waals surface area contributed by atoms with Crippen molar-refractivity contribution in [3.8, 4) is 0 Å². The lowest BCUT2D eigenvalue weighted by molar-refractivity contribution is -0.123. The average Bonchev–Trinajstić information content (AvgIpc) is 2.63. The number of nitrogens with one attached hydrogen (secondary N) is 2. The normalized spacial score (nSPS) is 12.8. The molecule has 1 amide bonds. The maximum atomic E-state index is 11.6. The molecule has 1 unspecified atom stereocenters. The second kappa shape index (κ2) is 5.96. The van der Waals surface area contributed by atoms with Gasteiger partial charge in [-0.15, -0.1) is 11.3 Å². The van der Waals surface area contributed by atoms with Gasteiger partial charge in [-0.1, -0.05) is 13.8 Å². The minimum Gasteiger partial charge on any atom is -0.358 e. The first-order valence-corrected chi connectivity index (χ1v) is 6.28. The van der Waals surface area contributed by atoms with Crippen molar-refractivity contribution in [3.63, 3.8) is 0 Å². The fraction of sp³-hybridized carbons (Fsp3) is 0.636. The molecule has 0 aliphatic carbocycles. The van der Waals surface area contributed by atoms with Gasteiger partial charge in [0.15, 0.2) is 0 Å². The zero-order chi connectivity index (χ0) is 12.1. The maximum Gasteiger partial charge on any atom is 0.237 e. The molecule has 0 aromatic carbocycles. The molecule has 90 valence electrons. The molecule has 0 saturated heterocycles. The Balaban J connectivity index is 2.53. The smallest absolute Gasteiger partial charge is 0.237 e. The van der Waals surface area contributed by atoms with Gasteiger partial charge in [0.25, 0.3) is 0 Å². The van der Waals surface area contributed by atoms with E-state index in [-0.39, 0.29) is 17.9 Å². The summed E-state index contributed by atoms with van der Waals surface area (Å²) in [5.74, 6) is 0.296. The van der Waals surface area contributed by atoms with E-state index >= 15 is 0 Å². The van der Waals surface area contributed by atoms with Gasteiger partial charge in [-0.2, -0.15) is 0 Å². The van der Waals surface area contributed by atoms with Crippen LogP contribution in [-0.4, -0.2) is 24.0 Å². The Kier molecular flexibility index (Phi) is 4.89. The summed E-state index contributed by atoms with van der Waals surface area (Å²) in [6, 6.07) is -0.158. The first kappa shape index (κ1) is 13.1. The van der Waals surface area contributed by atoms with Gasteiger partial charge < -0.3 is 5.32 Å². The van der Waals surface area contributed by atoms with Gasteiger partial charge in [0.05, 0.1) is 6.04 Å². The van der Waals surface area contributed by atoms with Gasteiger partial charge in [0.1, 0.15) is 5.01 Å². The molecule has 1 aromatic heterocycles. The van der Waals surface area contributed by atoms with E-state index in [1.165, 1.54) is 0 Å². The third kappa shape index (κ3) is 3.57. The molecule has 4 nitrogen and oxygen atoms in total. The van der Waals surface area contributed by atoms with Crippen molar-refractivity contribution < 1.29 is 4.79 Å². The number of carbonyl (C=O) groups is 1. The summed E-state index contributed by atoms with van der Waals surface area (Å²) in [5.41, 5.74) is 1.03. The zero-order valence-corrected chi connectivity index (χ0v) is 11.0. The monoisotopic (exact) mass is 241 g/mol. The van der Waals surface area contributed by atoms with Crippen LogP contribution in [0.25, 0.3) is 0 Å². The van der Waals surface area contributed by atoms with Crippen LogP contribution in [0, 0.1) is 12.8 Å². The van der Waals surface area contributed by atoms with Gasteiger partial charge in [0, 0.05) is 24.7 Å². The van der Waals surface area contributed by atoms with Crippen LogP contribution < -0.4 is 10.6 Å². The van der Waals surface area contributed by atoms with Crippen molar-refractivity contribution in [1.82, 2.24) is 15.6 Å². The summed E-state index contributed by atoms with van der Waals surface area (Å²) in [6.07, 6.45) is 0. The molecule has 1 heterocycles. The van der Waals surface area contributed by atoms with Crippen LogP contribution in [0.3, 0.4) is 0 Å². The molecule has 0 fully saturated rings. The van der Waals surface area contributed by atoms with Gasteiger partial charge in [-0.3, -0.25) is 10.1 Å². The Morgan fingerprint density at radius 2 is 2.25 bits per heavy atom. The molecule has 16 heavy (non-hydrogen) atoms. The van der Waals surface area contributed by atoms with Crippen LogP contribution in [0.2, 0.25) is 0 Å². The SMILES string of the molecule is CNC(=O)C(NCc1nc(C)cs1)C(C)C. The van der Waals surface area contributed by atoms with Crippen LogP contribution in [0.15, 0.2) is 5.38 Å². The molecule has 1 aromatic rings. The van der Waals surface area contributed by atoms with Crippen LogP contribution in [0.4, 0.5) is 0 Å². The molecule has 0 saturated carbocycles. The van der Waals surface area contributed by atoms with Crippen LogP contribution in [0.1, 0.15) is 24.5 Å². The topological polar surface area (TPSA) is 54.0 Å². The summed E-state index contributed by atoms with van der Waals surface area (Å²) in [5, 5.41) is 8.94. The zero-order valence-electron chi connectivity index (χ0n) is 10.2. The first-order valence-electron chi connectivity index (χ1n) is 5.40. The summed E-state index contributed by atoms with van der Waals surface area (Å²) in [7, 11) is 1.66.